The van der Waals surface area contributed by atoms with Gasteiger partial charge in [-0.05, 0) is 17.5 Å². The van der Waals surface area contributed by atoms with E-state index in [1.807, 2.05) is 34.7 Å². The van der Waals surface area contributed by atoms with E-state index in [4.69, 9.17) is 5.73 Å². The lowest BCUT2D eigenvalue weighted by Crippen LogP contribution is -2.35. The molecule has 1 aliphatic rings. The number of nitrogens with two attached hydrogens (primary N) is 1. The molecule has 3 heterocycles. The molecule has 0 bridgehead atoms. The molecule has 0 saturated heterocycles. The second-order valence-electron chi connectivity index (χ2n) is 3.57. The molecule has 0 fully saturated rings. The Labute approximate surface area is 103 Å². The first-order valence-corrected chi connectivity index (χ1v) is 6.11. The highest BCUT2D eigenvalue weighted by Gasteiger charge is 2.27. The molecular formula is C11H11N5S. The molecule has 0 amide bonds. The van der Waals surface area contributed by atoms with Crippen molar-refractivity contribution in [3.05, 3.63) is 47.8 Å². The van der Waals surface area contributed by atoms with Crippen LogP contribution in [0.25, 0.3) is 5.70 Å². The molecule has 17 heavy (non-hydrogen) atoms. The lowest BCUT2D eigenvalue weighted by atomic mass is 10.2. The van der Waals surface area contributed by atoms with Gasteiger partial charge in [-0.25, -0.2) is 4.98 Å². The van der Waals surface area contributed by atoms with E-state index in [1.165, 1.54) is 0 Å². The van der Waals surface area contributed by atoms with E-state index in [0.29, 0.717) is 0 Å². The maximum atomic E-state index is 6.07. The van der Waals surface area contributed by atoms with Crippen LogP contribution in [0.15, 0.2) is 42.2 Å². The largest absolute Gasteiger partial charge is 0.302 e. The third-order valence-electron chi connectivity index (χ3n) is 2.52. The van der Waals surface area contributed by atoms with Crippen molar-refractivity contribution in [2.75, 3.05) is 4.90 Å². The molecule has 0 saturated carbocycles. The fraction of sp³-hybridized carbons (Fsp3) is 0.0909. The number of nitrogens with zero attached hydrogens (tertiary/aromatic N) is 3. The lowest BCUT2D eigenvalue weighted by Gasteiger charge is -2.24. The second kappa shape index (κ2) is 4.23. The van der Waals surface area contributed by atoms with Crippen molar-refractivity contribution in [2.24, 2.45) is 5.73 Å². The molecule has 0 aromatic carbocycles. The molecule has 1 unspecified atom stereocenters. The van der Waals surface area contributed by atoms with Crippen molar-refractivity contribution in [2.45, 2.75) is 5.50 Å². The number of thioether (sulfide) groups is 1. The summed E-state index contributed by atoms with van der Waals surface area (Å²) in [5, 5.41) is 8.79. The van der Waals surface area contributed by atoms with E-state index in [2.05, 4.69) is 15.2 Å². The quantitative estimate of drug-likeness (QED) is 0.841. The molecule has 2 aromatic heterocycles. The fourth-order valence-corrected chi connectivity index (χ4v) is 2.60. The molecular weight excluding hydrogens is 234 g/mol. The highest BCUT2D eigenvalue weighted by molar-refractivity contribution is 8.03. The molecule has 3 N–H and O–H groups in total. The van der Waals surface area contributed by atoms with Crippen LogP contribution in [0.2, 0.25) is 0 Å². The van der Waals surface area contributed by atoms with E-state index < -0.39 is 0 Å². The standard InChI is InChI=1S/C11H11N5S/c12-11-16(10-3-1-2-4-13-10)9(7-17-11)8-5-14-15-6-8/h1-7,11H,12H2,(H,14,15). The van der Waals surface area contributed by atoms with E-state index in [0.717, 1.165) is 17.1 Å². The number of nitrogens with one attached hydrogen (secondary N) is 1. The normalized spacial score (nSPS) is 19.5. The highest BCUT2D eigenvalue weighted by atomic mass is 32.2. The number of hydrogen-bond donors (Lipinski definition) is 2. The van der Waals surface area contributed by atoms with Crippen LogP contribution in [0.5, 0.6) is 0 Å². The van der Waals surface area contributed by atoms with E-state index in [9.17, 15) is 0 Å². The van der Waals surface area contributed by atoms with Crippen molar-refractivity contribution in [3.63, 3.8) is 0 Å². The zero-order chi connectivity index (χ0) is 11.7. The van der Waals surface area contributed by atoms with Crippen LogP contribution in [0.1, 0.15) is 5.56 Å². The molecule has 3 rings (SSSR count). The summed E-state index contributed by atoms with van der Waals surface area (Å²) in [7, 11) is 0. The Morgan fingerprint density at radius 2 is 2.35 bits per heavy atom. The van der Waals surface area contributed by atoms with E-state index >= 15 is 0 Å². The van der Waals surface area contributed by atoms with Crippen LogP contribution < -0.4 is 10.6 Å². The summed E-state index contributed by atoms with van der Waals surface area (Å²) in [6, 6.07) is 5.78. The number of anilines is 1. The van der Waals surface area contributed by atoms with Gasteiger partial charge in [-0.1, -0.05) is 17.8 Å². The van der Waals surface area contributed by atoms with E-state index in [-0.39, 0.29) is 5.50 Å². The monoisotopic (exact) mass is 245 g/mol. The van der Waals surface area contributed by atoms with Gasteiger partial charge in [0.05, 0.1) is 11.9 Å². The number of pyridine rings is 1. The Morgan fingerprint density at radius 1 is 1.41 bits per heavy atom. The summed E-state index contributed by atoms with van der Waals surface area (Å²) in [6.45, 7) is 0. The summed E-state index contributed by atoms with van der Waals surface area (Å²) >= 11 is 1.57. The molecule has 1 aliphatic heterocycles. The minimum absolute atomic E-state index is 0.144. The van der Waals surface area contributed by atoms with Crippen molar-refractivity contribution >= 4 is 23.3 Å². The highest BCUT2D eigenvalue weighted by Crippen LogP contribution is 2.36. The van der Waals surface area contributed by atoms with E-state index in [1.54, 1.807) is 24.2 Å². The summed E-state index contributed by atoms with van der Waals surface area (Å²) in [5.41, 5.74) is 7.96. The molecule has 0 spiro atoms. The lowest BCUT2D eigenvalue weighted by molar-refractivity contribution is 0.916. The Morgan fingerprint density at radius 3 is 3.06 bits per heavy atom. The second-order valence-corrected chi connectivity index (χ2v) is 4.57. The molecule has 1 atom stereocenters. The van der Waals surface area contributed by atoms with Crippen molar-refractivity contribution in [1.29, 1.82) is 0 Å². The Balaban J connectivity index is 2.00. The number of aromatic nitrogens is 3. The van der Waals surface area contributed by atoms with Crippen LogP contribution in [0.4, 0.5) is 5.82 Å². The summed E-state index contributed by atoms with van der Waals surface area (Å²) in [5.74, 6) is 0.845. The Hall–Kier alpha value is -1.79. The van der Waals surface area contributed by atoms with Gasteiger partial charge in [0.25, 0.3) is 0 Å². The van der Waals surface area contributed by atoms with Crippen LogP contribution >= 0.6 is 11.8 Å². The van der Waals surface area contributed by atoms with Crippen LogP contribution in [-0.2, 0) is 0 Å². The van der Waals surface area contributed by atoms with Gasteiger partial charge in [-0.3, -0.25) is 10.00 Å². The minimum Gasteiger partial charge on any atom is -0.302 e. The molecule has 0 aliphatic carbocycles. The fourth-order valence-electron chi connectivity index (χ4n) is 1.74. The van der Waals surface area contributed by atoms with Gasteiger partial charge in [0, 0.05) is 18.0 Å². The van der Waals surface area contributed by atoms with Crippen molar-refractivity contribution in [3.8, 4) is 0 Å². The maximum Gasteiger partial charge on any atom is 0.135 e. The van der Waals surface area contributed by atoms with Gasteiger partial charge >= 0.3 is 0 Å². The first kappa shape index (κ1) is 10.4. The number of H-pyrrole nitrogens is 1. The molecule has 0 radical (unpaired) electrons. The smallest absolute Gasteiger partial charge is 0.135 e. The SMILES string of the molecule is NC1SC=C(c2cn[nH]c2)N1c1ccccn1. The van der Waals surface area contributed by atoms with Crippen LogP contribution in [0.3, 0.4) is 0 Å². The first-order valence-electron chi connectivity index (χ1n) is 5.17. The van der Waals surface area contributed by atoms with Crippen LogP contribution in [-0.4, -0.2) is 20.7 Å². The molecule has 5 nitrogen and oxygen atoms in total. The van der Waals surface area contributed by atoms with Gasteiger partial charge in [-0.2, -0.15) is 5.10 Å². The van der Waals surface area contributed by atoms with Gasteiger partial charge in [-0.15, -0.1) is 0 Å². The predicted molar refractivity (Wildman–Crippen MR) is 68.8 cm³/mol. The number of hydrogen-bond acceptors (Lipinski definition) is 5. The van der Waals surface area contributed by atoms with Gasteiger partial charge in [0.1, 0.15) is 11.3 Å². The third-order valence-corrected chi connectivity index (χ3v) is 3.37. The number of rotatable bonds is 2. The predicted octanol–water partition coefficient (Wildman–Crippen LogP) is 1.60. The average Bonchev–Trinajstić information content (AvgIpc) is 2.98. The summed E-state index contributed by atoms with van der Waals surface area (Å²) in [4.78, 5) is 6.33. The topological polar surface area (TPSA) is 70.8 Å². The maximum absolute atomic E-state index is 6.07. The summed E-state index contributed by atoms with van der Waals surface area (Å²) < 4.78 is 0. The summed E-state index contributed by atoms with van der Waals surface area (Å²) in [6.07, 6.45) is 5.39. The van der Waals surface area contributed by atoms with Crippen LogP contribution in [0, 0.1) is 0 Å². The first-order chi connectivity index (χ1) is 8.36. The average molecular weight is 245 g/mol. The zero-order valence-electron chi connectivity index (χ0n) is 8.95. The molecule has 2 aromatic rings. The van der Waals surface area contributed by atoms with Crippen molar-refractivity contribution in [1.82, 2.24) is 15.2 Å². The Bertz CT molecular complexity index is 522. The third kappa shape index (κ3) is 1.81. The van der Waals surface area contributed by atoms with Gasteiger partial charge in [0.2, 0.25) is 0 Å². The molecule has 6 heteroatoms. The van der Waals surface area contributed by atoms with Gasteiger partial charge < -0.3 is 5.73 Å². The van der Waals surface area contributed by atoms with Gasteiger partial charge in [0.15, 0.2) is 0 Å². The zero-order valence-corrected chi connectivity index (χ0v) is 9.76. The Kier molecular flexibility index (Phi) is 2.58. The minimum atomic E-state index is -0.144. The molecule has 86 valence electrons. The number of aromatic amines is 1. The van der Waals surface area contributed by atoms with Crippen molar-refractivity contribution < 1.29 is 0 Å².